The van der Waals surface area contributed by atoms with E-state index in [4.69, 9.17) is 5.26 Å². The lowest BCUT2D eigenvalue weighted by molar-refractivity contribution is -0.136. The van der Waals surface area contributed by atoms with Gasteiger partial charge in [-0.05, 0) is 30.9 Å². The van der Waals surface area contributed by atoms with Crippen LogP contribution in [0.3, 0.4) is 0 Å². The van der Waals surface area contributed by atoms with Crippen molar-refractivity contribution in [2.45, 2.75) is 32.5 Å². The number of thioether (sulfide) groups is 1. The Bertz CT molecular complexity index is 711. The zero-order valence-corrected chi connectivity index (χ0v) is 13.3. The molecule has 1 heterocycles. The lowest BCUT2D eigenvalue weighted by Gasteiger charge is -2.12. The van der Waals surface area contributed by atoms with Crippen LogP contribution in [0, 0.1) is 11.3 Å². The number of aryl methyl sites for hydroxylation is 2. The van der Waals surface area contributed by atoms with Crippen LogP contribution in [-0.4, -0.2) is 16.6 Å². The van der Waals surface area contributed by atoms with E-state index < -0.39 is 11.7 Å². The summed E-state index contributed by atoms with van der Waals surface area (Å²) in [5.74, 6) is 0.835. The average molecular weight is 326 g/mol. The maximum atomic E-state index is 13.4. The summed E-state index contributed by atoms with van der Waals surface area (Å²) in [4.78, 5) is 0. The molecule has 0 saturated heterocycles. The molecule has 0 spiro atoms. The maximum absolute atomic E-state index is 13.4. The number of halogens is 3. The van der Waals surface area contributed by atoms with Crippen molar-refractivity contribution in [3.63, 3.8) is 0 Å². The lowest BCUT2D eigenvalue weighted by atomic mass is 10.0. The molecule has 0 aliphatic carbocycles. The van der Waals surface area contributed by atoms with Crippen LogP contribution in [0.5, 0.6) is 0 Å². The van der Waals surface area contributed by atoms with Gasteiger partial charge in [0.05, 0.1) is 17.2 Å². The van der Waals surface area contributed by atoms with Crippen LogP contribution in [0.4, 0.5) is 13.2 Å². The first kappa shape index (κ1) is 16.8. The molecule has 22 heavy (non-hydrogen) atoms. The normalized spacial score (nSPS) is 11.8. The van der Waals surface area contributed by atoms with Gasteiger partial charge in [-0.15, -0.1) is 0 Å². The van der Waals surface area contributed by atoms with Crippen LogP contribution < -0.4 is 0 Å². The zero-order chi connectivity index (χ0) is 16.3. The molecule has 6 heteroatoms. The topological polar surface area (TPSA) is 28.7 Å². The Morgan fingerprint density at radius 2 is 2.05 bits per heavy atom. The fraction of sp³-hybridized carbons (Fsp3) is 0.438. The molecule has 0 atom stereocenters. The van der Waals surface area contributed by atoms with Crippen molar-refractivity contribution in [1.82, 2.24) is 4.57 Å². The summed E-state index contributed by atoms with van der Waals surface area (Å²) in [5.41, 5.74) is 0.328. The molecule has 1 aromatic carbocycles. The molecular weight excluding hydrogens is 309 g/mol. The third-order valence-electron chi connectivity index (χ3n) is 3.60. The number of hydrogen-bond donors (Lipinski definition) is 0. The predicted octanol–water partition coefficient (Wildman–Crippen LogP) is 4.85. The Morgan fingerprint density at radius 3 is 2.59 bits per heavy atom. The van der Waals surface area contributed by atoms with Gasteiger partial charge in [0.2, 0.25) is 0 Å². The highest BCUT2D eigenvalue weighted by Gasteiger charge is 2.36. The Hall–Kier alpha value is -1.61. The number of alkyl halides is 3. The van der Waals surface area contributed by atoms with Crippen molar-refractivity contribution >= 4 is 22.7 Å². The second-order valence-corrected chi connectivity index (χ2v) is 6.05. The molecule has 0 amide bonds. The zero-order valence-electron chi connectivity index (χ0n) is 12.5. The fourth-order valence-electron chi connectivity index (χ4n) is 2.70. The second kappa shape index (κ2) is 6.66. The highest BCUT2D eigenvalue weighted by atomic mass is 32.2. The number of rotatable bonds is 5. The van der Waals surface area contributed by atoms with Crippen LogP contribution >= 0.6 is 11.8 Å². The van der Waals surface area contributed by atoms with Gasteiger partial charge < -0.3 is 4.57 Å². The lowest BCUT2D eigenvalue weighted by Crippen LogP contribution is -2.09. The molecule has 2 rings (SSSR count). The number of benzene rings is 1. The summed E-state index contributed by atoms with van der Waals surface area (Å²) in [7, 11) is 0. The van der Waals surface area contributed by atoms with E-state index >= 15 is 0 Å². The first-order chi connectivity index (χ1) is 10.4. The van der Waals surface area contributed by atoms with Crippen molar-refractivity contribution in [2.75, 3.05) is 12.0 Å². The van der Waals surface area contributed by atoms with Crippen molar-refractivity contribution < 1.29 is 13.2 Å². The molecule has 0 bridgehead atoms. The van der Waals surface area contributed by atoms with Crippen LogP contribution in [0.15, 0.2) is 18.2 Å². The Morgan fingerprint density at radius 1 is 1.32 bits per heavy atom. The molecule has 0 radical (unpaired) electrons. The van der Waals surface area contributed by atoms with Crippen LogP contribution in [0.2, 0.25) is 0 Å². The number of nitriles is 1. The monoisotopic (exact) mass is 326 g/mol. The minimum Gasteiger partial charge on any atom is -0.344 e. The van der Waals surface area contributed by atoms with Gasteiger partial charge in [-0.2, -0.15) is 30.2 Å². The maximum Gasteiger partial charge on any atom is 0.418 e. The minimum atomic E-state index is -4.53. The third-order valence-corrected chi connectivity index (χ3v) is 4.19. The Labute approximate surface area is 131 Å². The highest BCUT2D eigenvalue weighted by molar-refractivity contribution is 7.98. The first-order valence-corrected chi connectivity index (χ1v) is 8.44. The van der Waals surface area contributed by atoms with Gasteiger partial charge in [-0.3, -0.25) is 0 Å². The molecule has 2 nitrogen and oxygen atoms in total. The summed E-state index contributed by atoms with van der Waals surface area (Å²) in [6, 6.07) is 6.17. The minimum absolute atomic E-state index is 0.135. The fourth-order valence-corrected chi connectivity index (χ4v) is 3.06. The van der Waals surface area contributed by atoms with Gasteiger partial charge >= 0.3 is 6.18 Å². The molecule has 2 aromatic rings. The molecule has 1 aromatic heterocycles. The SMILES string of the molecule is CCCc1cc2c(C(F)(F)F)c(C#N)ccc2n1CCSC. The molecule has 118 valence electrons. The van der Waals surface area contributed by atoms with Crippen molar-refractivity contribution in [1.29, 1.82) is 5.26 Å². The van der Waals surface area contributed by atoms with Crippen LogP contribution in [0.1, 0.15) is 30.2 Å². The highest BCUT2D eigenvalue weighted by Crippen LogP contribution is 2.38. The van der Waals surface area contributed by atoms with E-state index in [0.29, 0.717) is 12.1 Å². The van der Waals surface area contributed by atoms with E-state index in [-0.39, 0.29) is 10.9 Å². The summed E-state index contributed by atoms with van der Waals surface area (Å²) in [5, 5.41) is 9.14. The van der Waals surface area contributed by atoms with E-state index in [1.54, 1.807) is 30.0 Å². The average Bonchev–Trinajstić information content (AvgIpc) is 2.80. The van der Waals surface area contributed by atoms with E-state index in [0.717, 1.165) is 24.3 Å². The second-order valence-electron chi connectivity index (χ2n) is 5.06. The van der Waals surface area contributed by atoms with Crippen LogP contribution in [-0.2, 0) is 19.1 Å². The molecule has 0 aliphatic heterocycles. The quantitative estimate of drug-likeness (QED) is 0.786. The van der Waals surface area contributed by atoms with Gasteiger partial charge in [0, 0.05) is 28.9 Å². The molecule has 0 aliphatic rings. The van der Waals surface area contributed by atoms with E-state index in [9.17, 15) is 13.2 Å². The molecule has 0 fully saturated rings. The van der Waals surface area contributed by atoms with Crippen LogP contribution in [0.25, 0.3) is 10.9 Å². The van der Waals surface area contributed by atoms with Crippen molar-refractivity contribution in [2.24, 2.45) is 0 Å². The smallest absolute Gasteiger partial charge is 0.344 e. The number of nitrogens with zero attached hydrogens (tertiary/aromatic N) is 2. The Kier molecular flexibility index (Phi) is 5.07. The van der Waals surface area contributed by atoms with Gasteiger partial charge in [0.1, 0.15) is 0 Å². The summed E-state index contributed by atoms with van der Waals surface area (Å²) < 4.78 is 42.1. The summed E-state index contributed by atoms with van der Waals surface area (Å²) in [6.07, 6.45) is -0.968. The largest absolute Gasteiger partial charge is 0.418 e. The van der Waals surface area contributed by atoms with Gasteiger partial charge in [0.25, 0.3) is 0 Å². The van der Waals surface area contributed by atoms with Crippen molar-refractivity contribution in [3.05, 3.63) is 35.0 Å². The molecule has 0 saturated carbocycles. The summed E-state index contributed by atoms with van der Waals surface area (Å²) in [6.45, 7) is 2.67. The summed E-state index contributed by atoms with van der Waals surface area (Å²) >= 11 is 1.66. The number of hydrogen-bond acceptors (Lipinski definition) is 2. The molecule has 0 unspecified atom stereocenters. The molecular formula is C16H17F3N2S. The van der Waals surface area contributed by atoms with E-state index in [1.807, 2.05) is 17.7 Å². The van der Waals surface area contributed by atoms with Crippen molar-refractivity contribution in [3.8, 4) is 6.07 Å². The third kappa shape index (κ3) is 3.09. The first-order valence-electron chi connectivity index (χ1n) is 7.05. The number of fused-ring (bicyclic) bond motifs is 1. The van der Waals surface area contributed by atoms with E-state index in [1.165, 1.54) is 6.07 Å². The predicted molar refractivity (Wildman–Crippen MR) is 84.0 cm³/mol. The molecule has 0 N–H and O–H groups in total. The Balaban J connectivity index is 2.74. The van der Waals surface area contributed by atoms with Gasteiger partial charge in [-0.25, -0.2) is 0 Å². The van der Waals surface area contributed by atoms with Gasteiger partial charge in [0.15, 0.2) is 0 Å². The standard InChI is InChI=1S/C16H17F3N2S/c1-3-4-12-9-13-14(21(12)7-8-22-2)6-5-11(10-20)15(13)16(17,18)19/h5-6,9H,3-4,7-8H2,1-2H3. The number of aromatic nitrogens is 1. The van der Waals surface area contributed by atoms with Gasteiger partial charge in [-0.1, -0.05) is 13.3 Å². The van der Waals surface area contributed by atoms with E-state index in [2.05, 4.69) is 0 Å².